The molecule has 3 N–H and O–H groups in total. The van der Waals surface area contributed by atoms with Gasteiger partial charge in [-0.05, 0) is 39.8 Å². The van der Waals surface area contributed by atoms with Crippen LogP contribution in [0.25, 0.3) is 0 Å². The normalized spacial score (nSPS) is 25.0. The second-order valence-corrected chi connectivity index (χ2v) is 5.56. The van der Waals surface area contributed by atoms with Crippen LogP contribution in [0.3, 0.4) is 0 Å². The zero-order chi connectivity index (χ0) is 13.1. The fourth-order valence-electron chi connectivity index (χ4n) is 2.08. The Morgan fingerprint density at radius 1 is 1.65 bits per heavy atom. The molecule has 5 heteroatoms. The molecule has 1 aliphatic rings. The summed E-state index contributed by atoms with van der Waals surface area (Å²) in [6.07, 6.45) is 2.79. The summed E-state index contributed by atoms with van der Waals surface area (Å²) >= 11 is 5.00. The third-order valence-electron chi connectivity index (χ3n) is 3.71. The number of hydrogen-bond acceptors (Lipinski definition) is 3. The molecule has 0 bridgehead atoms. The Hall–Kier alpha value is -0.680. The van der Waals surface area contributed by atoms with E-state index in [2.05, 4.69) is 17.3 Å². The Kier molecular flexibility index (Phi) is 4.89. The van der Waals surface area contributed by atoms with E-state index in [0.29, 0.717) is 6.42 Å². The number of carbonyl (C=O) groups is 1. The van der Waals surface area contributed by atoms with Crippen LogP contribution in [0.4, 0.5) is 0 Å². The van der Waals surface area contributed by atoms with Crippen LogP contribution in [0.15, 0.2) is 0 Å². The number of nitrogens with one attached hydrogen (secondary N) is 1. The van der Waals surface area contributed by atoms with Gasteiger partial charge in [-0.2, -0.15) is 0 Å². The molecule has 1 heterocycles. The predicted octanol–water partition coefficient (Wildman–Crippen LogP) is 0.899. The van der Waals surface area contributed by atoms with Gasteiger partial charge in [-0.15, -0.1) is 0 Å². The van der Waals surface area contributed by atoms with E-state index in [0.717, 1.165) is 25.9 Å². The monoisotopic (exact) mass is 257 g/mol. The lowest BCUT2D eigenvalue weighted by atomic mass is 9.86. The summed E-state index contributed by atoms with van der Waals surface area (Å²) in [7, 11) is 2.07. The molecule has 98 valence electrons. The first kappa shape index (κ1) is 14.4. The van der Waals surface area contributed by atoms with Crippen molar-refractivity contribution in [2.45, 2.75) is 39.2 Å². The fourth-order valence-corrected chi connectivity index (χ4v) is 2.31. The van der Waals surface area contributed by atoms with E-state index in [1.54, 1.807) is 0 Å². The SMILES string of the molecule is CCC(C)(C(=O)NC1CCCN(C)C1)C(N)=S. The number of piperidine rings is 1. The van der Waals surface area contributed by atoms with Crippen LogP contribution in [0, 0.1) is 5.41 Å². The number of amides is 1. The van der Waals surface area contributed by atoms with Crippen molar-refractivity contribution < 1.29 is 4.79 Å². The van der Waals surface area contributed by atoms with E-state index in [9.17, 15) is 4.79 Å². The van der Waals surface area contributed by atoms with Crippen molar-refractivity contribution in [3.63, 3.8) is 0 Å². The molecule has 1 aliphatic heterocycles. The van der Waals surface area contributed by atoms with Crippen molar-refractivity contribution in [1.82, 2.24) is 10.2 Å². The van der Waals surface area contributed by atoms with Gasteiger partial charge in [0, 0.05) is 12.6 Å². The van der Waals surface area contributed by atoms with E-state index in [4.69, 9.17) is 18.0 Å². The standard InChI is InChI=1S/C12H23N3OS/c1-4-12(2,10(13)17)11(16)14-9-6-5-7-15(3)8-9/h9H,4-8H2,1-3H3,(H2,13,17)(H,14,16). The maximum Gasteiger partial charge on any atom is 0.233 e. The van der Waals surface area contributed by atoms with E-state index in [1.807, 2.05) is 13.8 Å². The number of nitrogens with zero attached hydrogens (tertiary/aromatic N) is 1. The van der Waals surface area contributed by atoms with Gasteiger partial charge in [0.1, 0.15) is 0 Å². The van der Waals surface area contributed by atoms with Crippen LogP contribution in [-0.2, 0) is 4.79 Å². The van der Waals surface area contributed by atoms with Gasteiger partial charge in [0.05, 0.1) is 10.4 Å². The topological polar surface area (TPSA) is 58.4 Å². The number of hydrogen-bond donors (Lipinski definition) is 2. The predicted molar refractivity (Wildman–Crippen MR) is 73.8 cm³/mol. The van der Waals surface area contributed by atoms with Gasteiger partial charge >= 0.3 is 0 Å². The molecule has 0 saturated carbocycles. The average Bonchev–Trinajstić information content (AvgIpc) is 2.27. The van der Waals surface area contributed by atoms with Crippen LogP contribution in [0.2, 0.25) is 0 Å². The number of likely N-dealkylation sites (tertiary alicyclic amines) is 1. The summed E-state index contributed by atoms with van der Waals surface area (Å²) in [4.78, 5) is 14.7. The average molecular weight is 257 g/mol. The van der Waals surface area contributed by atoms with Gasteiger partial charge in [0.25, 0.3) is 0 Å². The minimum atomic E-state index is -0.717. The van der Waals surface area contributed by atoms with Gasteiger partial charge in [0.15, 0.2) is 0 Å². The maximum atomic E-state index is 12.2. The van der Waals surface area contributed by atoms with Crippen LogP contribution >= 0.6 is 12.2 Å². The molecule has 2 unspecified atom stereocenters. The molecule has 0 aromatic heterocycles. The van der Waals surface area contributed by atoms with Gasteiger partial charge in [0.2, 0.25) is 5.91 Å². The summed E-state index contributed by atoms with van der Waals surface area (Å²) in [5.74, 6) is -0.0344. The molecule has 2 atom stereocenters. The lowest BCUT2D eigenvalue weighted by Gasteiger charge is -2.33. The van der Waals surface area contributed by atoms with E-state index >= 15 is 0 Å². The number of rotatable bonds is 4. The lowest BCUT2D eigenvalue weighted by Crippen LogP contribution is -2.53. The molecule has 1 amide bonds. The molecule has 1 rings (SSSR count). The van der Waals surface area contributed by atoms with Crippen LogP contribution in [-0.4, -0.2) is 42.0 Å². The van der Waals surface area contributed by atoms with Crippen molar-refractivity contribution in [3.05, 3.63) is 0 Å². The van der Waals surface area contributed by atoms with Crippen molar-refractivity contribution >= 4 is 23.1 Å². The highest BCUT2D eigenvalue weighted by molar-refractivity contribution is 7.80. The zero-order valence-corrected chi connectivity index (χ0v) is 11.8. The van der Waals surface area contributed by atoms with Gasteiger partial charge in [-0.25, -0.2) is 0 Å². The summed E-state index contributed by atoms with van der Waals surface area (Å²) < 4.78 is 0. The first-order valence-corrected chi connectivity index (χ1v) is 6.60. The molecule has 17 heavy (non-hydrogen) atoms. The third kappa shape index (κ3) is 3.39. The van der Waals surface area contributed by atoms with E-state index in [-0.39, 0.29) is 16.9 Å². The van der Waals surface area contributed by atoms with Crippen molar-refractivity contribution in [2.24, 2.45) is 11.1 Å². The molecule has 1 saturated heterocycles. The second-order valence-electron chi connectivity index (χ2n) is 5.12. The van der Waals surface area contributed by atoms with Crippen molar-refractivity contribution in [2.75, 3.05) is 20.1 Å². The largest absolute Gasteiger partial charge is 0.392 e. The molecule has 0 aromatic rings. The molecular formula is C12H23N3OS. The molecule has 0 aromatic carbocycles. The van der Waals surface area contributed by atoms with Gasteiger partial charge < -0.3 is 16.0 Å². The molecule has 4 nitrogen and oxygen atoms in total. The first-order chi connectivity index (χ1) is 7.90. The zero-order valence-electron chi connectivity index (χ0n) is 11.0. The molecule has 1 fully saturated rings. The van der Waals surface area contributed by atoms with E-state index in [1.165, 1.54) is 0 Å². The lowest BCUT2D eigenvalue weighted by molar-refractivity contribution is -0.128. The summed E-state index contributed by atoms with van der Waals surface area (Å²) in [6.45, 7) is 5.76. The number of carbonyl (C=O) groups excluding carboxylic acids is 1. The first-order valence-electron chi connectivity index (χ1n) is 6.19. The Morgan fingerprint density at radius 3 is 2.76 bits per heavy atom. The highest BCUT2D eigenvalue weighted by atomic mass is 32.1. The molecule has 0 radical (unpaired) electrons. The Labute approximate surface area is 109 Å². The van der Waals surface area contributed by atoms with Crippen molar-refractivity contribution in [3.8, 4) is 0 Å². The number of nitrogens with two attached hydrogens (primary N) is 1. The number of likely N-dealkylation sites (N-methyl/N-ethyl adjacent to an activating group) is 1. The minimum Gasteiger partial charge on any atom is -0.392 e. The van der Waals surface area contributed by atoms with Crippen LogP contribution < -0.4 is 11.1 Å². The van der Waals surface area contributed by atoms with E-state index < -0.39 is 5.41 Å². The highest BCUT2D eigenvalue weighted by Gasteiger charge is 2.36. The van der Waals surface area contributed by atoms with Gasteiger partial charge in [-0.1, -0.05) is 19.1 Å². The number of thiocarbonyl (C=S) groups is 1. The molecular weight excluding hydrogens is 234 g/mol. The highest BCUT2D eigenvalue weighted by Crippen LogP contribution is 2.22. The Morgan fingerprint density at radius 2 is 2.29 bits per heavy atom. The summed E-state index contributed by atoms with van der Waals surface area (Å²) in [5.41, 5.74) is 4.96. The molecule has 0 spiro atoms. The summed E-state index contributed by atoms with van der Waals surface area (Å²) in [5, 5.41) is 3.07. The summed E-state index contributed by atoms with van der Waals surface area (Å²) in [6, 6.07) is 0.224. The minimum absolute atomic E-state index is 0.0344. The fraction of sp³-hybridized carbons (Fsp3) is 0.833. The van der Waals surface area contributed by atoms with Crippen LogP contribution in [0.5, 0.6) is 0 Å². The van der Waals surface area contributed by atoms with Crippen molar-refractivity contribution in [1.29, 1.82) is 0 Å². The smallest absolute Gasteiger partial charge is 0.233 e. The maximum absolute atomic E-state index is 12.2. The third-order valence-corrected chi connectivity index (χ3v) is 4.16. The quantitative estimate of drug-likeness (QED) is 0.735. The van der Waals surface area contributed by atoms with Crippen LogP contribution in [0.1, 0.15) is 33.1 Å². The molecule has 0 aliphatic carbocycles. The Balaban J connectivity index is 2.61. The second kappa shape index (κ2) is 5.78. The van der Waals surface area contributed by atoms with Gasteiger partial charge in [-0.3, -0.25) is 4.79 Å². The Bertz CT molecular complexity index is 308.